The number of benzene rings is 1. The van der Waals surface area contributed by atoms with E-state index in [1.54, 1.807) is 29.1 Å². The van der Waals surface area contributed by atoms with Crippen molar-refractivity contribution in [1.82, 2.24) is 9.55 Å². The first kappa shape index (κ1) is 18.1. The highest BCUT2D eigenvalue weighted by Crippen LogP contribution is 2.33. The van der Waals surface area contributed by atoms with Crippen LogP contribution in [0.15, 0.2) is 53.6 Å². The van der Waals surface area contributed by atoms with E-state index >= 15 is 0 Å². The average molecular weight is 377 g/mol. The molecule has 2 aromatic heterocycles. The summed E-state index contributed by atoms with van der Waals surface area (Å²) >= 11 is 0. The van der Waals surface area contributed by atoms with Gasteiger partial charge in [0.05, 0.1) is 6.54 Å². The van der Waals surface area contributed by atoms with Crippen molar-refractivity contribution < 1.29 is 9.18 Å². The third kappa shape index (κ3) is 3.45. The van der Waals surface area contributed by atoms with E-state index in [0.717, 1.165) is 27.9 Å². The zero-order chi connectivity index (χ0) is 19.7. The number of alkyl halides is 1. The normalized spacial score (nSPS) is 13.1. The van der Waals surface area contributed by atoms with Gasteiger partial charge in [0.25, 0.3) is 5.56 Å². The zero-order valence-corrected chi connectivity index (χ0v) is 15.5. The molecule has 142 valence electrons. The van der Waals surface area contributed by atoms with Crippen molar-refractivity contribution >= 4 is 11.6 Å². The Kier molecular flexibility index (Phi) is 4.77. The fourth-order valence-corrected chi connectivity index (χ4v) is 3.58. The maximum atomic E-state index is 13.7. The number of rotatable bonds is 4. The predicted molar refractivity (Wildman–Crippen MR) is 106 cm³/mol. The minimum absolute atomic E-state index is 0.0441. The summed E-state index contributed by atoms with van der Waals surface area (Å²) < 4.78 is 15.4. The van der Waals surface area contributed by atoms with Crippen LogP contribution >= 0.6 is 0 Å². The van der Waals surface area contributed by atoms with E-state index in [1.807, 2.05) is 25.1 Å². The van der Waals surface area contributed by atoms with Crippen molar-refractivity contribution in [1.29, 1.82) is 0 Å². The molecule has 0 unspecified atom stereocenters. The van der Waals surface area contributed by atoms with Crippen LogP contribution in [0.1, 0.15) is 28.8 Å². The summed E-state index contributed by atoms with van der Waals surface area (Å²) in [6.07, 6.45) is 4.48. The number of hydrogen-bond acceptors (Lipinski definition) is 3. The Balaban J connectivity index is 1.74. The second kappa shape index (κ2) is 7.38. The number of amides is 1. The Labute approximate surface area is 161 Å². The van der Waals surface area contributed by atoms with Crippen LogP contribution in [0.2, 0.25) is 0 Å². The van der Waals surface area contributed by atoms with Gasteiger partial charge in [0.1, 0.15) is 6.67 Å². The molecule has 5 nitrogen and oxygen atoms in total. The number of pyridine rings is 2. The Morgan fingerprint density at radius 3 is 2.79 bits per heavy atom. The molecule has 28 heavy (non-hydrogen) atoms. The highest BCUT2D eigenvalue weighted by Gasteiger charge is 2.18. The fraction of sp³-hybridized carbons (Fsp3) is 0.227. The smallest absolute Gasteiger partial charge is 0.251 e. The van der Waals surface area contributed by atoms with Crippen LogP contribution in [-0.2, 0) is 24.4 Å². The molecule has 0 saturated carbocycles. The van der Waals surface area contributed by atoms with Crippen LogP contribution in [0.4, 0.5) is 10.1 Å². The van der Waals surface area contributed by atoms with Gasteiger partial charge >= 0.3 is 0 Å². The van der Waals surface area contributed by atoms with Gasteiger partial charge in [-0.3, -0.25) is 14.6 Å². The maximum Gasteiger partial charge on any atom is 0.251 e. The van der Waals surface area contributed by atoms with E-state index in [4.69, 9.17) is 0 Å². The number of aryl methyl sites for hydroxylation is 2. The van der Waals surface area contributed by atoms with Crippen molar-refractivity contribution in [2.45, 2.75) is 33.0 Å². The molecular formula is C22H20FN3O2. The van der Waals surface area contributed by atoms with E-state index in [2.05, 4.69) is 10.3 Å². The van der Waals surface area contributed by atoms with E-state index in [-0.39, 0.29) is 11.5 Å². The summed E-state index contributed by atoms with van der Waals surface area (Å²) in [4.78, 5) is 28.1. The summed E-state index contributed by atoms with van der Waals surface area (Å²) in [7, 11) is 0. The number of carbonyl (C=O) groups excluding carboxylic acids is 1. The van der Waals surface area contributed by atoms with Gasteiger partial charge in [-0.1, -0.05) is 6.07 Å². The monoisotopic (exact) mass is 377 g/mol. The average Bonchev–Trinajstić information content (AvgIpc) is 2.70. The molecule has 3 aromatic rings. The maximum absolute atomic E-state index is 13.7. The molecule has 0 atom stereocenters. The summed E-state index contributed by atoms with van der Waals surface area (Å²) in [5, 5.41) is 2.81. The predicted octanol–water partition coefficient (Wildman–Crippen LogP) is 3.62. The highest BCUT2D eigenvalue weighted by atomic mass is 19.1. The first-order valence-corrected chi connectivity index (χ1v) is 9.17. The molecule has 0 fully saturated rings. The first-order chi connectivity index (χ1) is 13.5. The molecule has 1 aromatic carbocycles. The number of anilines is 1. The Morgan fingerprint density at radius 1 is 1.14 bits per heavy atom. The van der Waals surface area contributed by atoms with E-state index in [9.17, 15) is 14.0 Å². The highest BCUT2D eigenvalue weighted by molar-refractivity contribution is 5.94. The largest absolute Gasteiger partial charge is 0.326 e. The molecule has 0 aliphatic carbocycles. The van der Waals surface area contributed by atoms with Crippen LogP contribution in [0.25, 0.3) is 11.1 Å². The molecule has 1 N–H and O–H groups in total. The lowest BCUT2D eigenvalue weighted by Crippen LogP contribution is -2.21. The lowest BCUT2D eigenvalue weighted by Gasteiger charge is -2.20. The molecule has 0 saturated heterocycles. The van der Waals surface area contributed by atoms with E-state index < -0.39 is 6.67 Å². The molecule has 4 rings (SSSR count). The second-order valence-electron chi connectivity index (χ2n) is 7.02. The van der Waals surface area contributed by atoms with Gasteiger partial charge in [-0.05, 0) is 59.9 Å². The molecule has 1 amide bonds. The summed E-state index contributed by atoms with van der Waals surface area (Å²) in [5.74, 6) is -0.0441. The lowest BCUT2D eigenvalue weighted by molar-refractivity contribution is -0.116. The Hall–Kier alpha value is -3.28. The van der Waals surface area contributed by atoms with Crippen LogP contribution in [0.3, 0.4) is 0 Å². The lowest BCUT2D eigenvalue weighted by atomic mass is 9.93. The number of hydrogen-bond donors (Lipinski definition) is 1. The SMILES string of the molecule is Cc1cccc(=O)n1Cc1cncc(-c2cc3c(cc2CF)NC(=O)CC3)c1. The number of carbonyl (C=O) groups is 1. The quantitative estimate of drug-likeness (QED) is 0.755. The van der Waals surface area contributed by atoms with Gasteiger partial charge in [-0.15, -0.1) is 0 Å². The number of nitrogens with zero attached hydrogens (tertiary/aromatic N) is 2. The van der Waals surface area contributed by atoms with Gasteiger partial charge in [-0.2, -0.15) is 0 Å². The number of halogens is 1. The third-order valence-electron chi connectivity index (χ3n) is 5.08. The van der Waals surface area contributed by atoms with Crippen LogP contribution in [-0.4, -0.2) is 15.5 Å². The fourth-order valence-electron chi connectivity index (χ4n) is 3.58. The second-order valence-corrected chi connectivity index (χ2v) is 7.02. The number of aromatic nitrogens is 2. The van der Waals surface area contributed by atoms with Gasteiger partial charge in [-0.25, -0.2) is 4.39 Å². The number of nitrogens with one attached hydrogen (secondary N) is 1. The van der Waals surface area contributed by atoms with Crippen molar-refractivity contribution in [3.63, 3.8) is 0 Å². The van der Waals surface area contributed by atoms with Gasteiger partial charge in [0.15, 0.2) is 0 Å². The molecule has 1 aliphatic rings. The molecular weight excluding hydrogens is 357 g/mol. The Morgan fingerprint density at radius 2 is 2.00 bits per heavy atom. The molecule has 3 heterocycles. The van der Waals surface area contributed by atoms with E-state index in [1.165, 1.54) is 6.07 Å². The Bertz CT molecular complexity index is 1120. The van der Waals surface area contributed by atoms with Gasteiger partial charge in [0.2, 0.25) is 5.91 Å². The zero-order valence-electron chi connectivity index (χ0n) is 15.5. The van der Waals surface area contributed by atoms with Gasteiger partial charge < -0.3 is 9.88 Å². The van der Waals surface area contributed by atoms with E-state index in [0.29, 0.717) is 30.6 Å². The minimum atomic E-state index is -0.639. The van der Waals surface area contributed by atoms with Crippen molar-refractivity contribution in [2.75, 3.05) is 5.32 Å². The van der Waals surface area contributed by atoms with Gasteiger partial charge in [0, 0.05) is 41.8 Å². The molecule has 6 heteroatoms. The standard InChI is InChI=1S/C22H20FN3O2/c1-14-3-2-4-22(28)26(14)13-15-7-18(12-24-11-15)19-8-16-5-6-21(27)25-20(16)9-17(19)10-23/h2-4,7-9,11-12H,5-6,10,13H2,1H3,(H,25,27). The first-order valence-electron chi connectivity index (χ1n) is 9.17. The van der Waals surface area contributed by atoms with Crippen LogP contribution in [0, 0.1) is 6.92 Å². The summed E-state index contributed by atoms with van der Waals surface area (Å²) in [6.45, 7) is 1.65. The molecule has 1 aliphatic heterocycles. The van der Waals surface area contributed by atoms with Crippen molar-refractivity contribution in [3.8, 4) is 11.1 Å². The van der Waals surface area contributed by atoms with Crippen LogP contribution in [0.5, 0.6) is 0 Å². The third-order valence-corrected chi connectivity index (χ3v) is 5.08. The summed E-state index contributed by atoms with van der Waals surface area (Å²) in [5.41, 5.74) is 5.41. The minimum Gasteiger partial charge on any atom is -0.326 e. The molecule has 0 radical (unpaired) electrons. The number of fused-ring (bicyclic) bond motifs is 1. The summed E-state index contributed by atoms with van der Waals surface area (Å²) in [6, 6.07) is 10.7. The van der Waals surface area contributed by atoms with Crippen LogP contribution < -0.4 is 10.9 Å². The van der Waals surface area contributed by atoms with Crippen molar-refractivity contribution in [2.24, 2.45) is 0 Å². The topological polar surface area (TPSA) is 64.0 Å². The van der Waals surface area contributed by atoms with Crippen molar-refractivity contribution in [3.05, 3.63) is 81.5 Å². The molecule has 0 bridgehead atoms. The molecule has 0 spiro atoms.